The Labute approximate surface area is 186 Å². The average Bonchev–Trinajstić information content (AvgIpc) is 2.75. The number of rotatable bonds is 10. The minimum Gasteiger partial charge on any atom is -0.493 e. The van der Waals surface area contributed by atoms with Gasteiger partial charge in [-0.15, -0.1) is 0 Å². The van der Waals surface area contributed by atoms with E-state index in [9.17, 15) is 4.79 Å². The molecule has 30 heavy (non-hydrogen) atoms. The Morgan fingerprint density at radius 2 is 1.90 bits per heavy atom. The number of amides is 1. The molecule has 0 bridgehead atoms. The summed E-state index contributed by atoms with van der Waals surface area (Å²) in [6.45, 7) is 2.87. The summed E-state index contributed by atoms with van der Waals surface area (Å²) < 4.78 is 6.85. The lowest BCUT2D eigenvalue weighted by atomic mass is 10.0. The summed E-state index contributed by atoms with van der Waals surface area (Å²) in [6, 6.07) is 19.9. The first-order chi connectivity index (χ1) is 14.7. The summed E-state index contributed by atoms with van der Waals surface area (Å²) in [5.41, 5.74) is 4.44. The molecule has 0 spiro atoms. The number of hydrogen-bond donors (Lipinski definition) is 1. The van der Waals surface area contributed by atoms with E-state index in [1.165, 1.54) is 19.3 Å². The second kappa shape index (κ2) is 11.5. The number of fused-ring (bicyclic) bond motifs is 1. The van der Waals surface area contributed by atoms with Crippen molar-refractivity contribution in [3.8, 4) is 5.75 Å². The van der Waals surface area contributed by atoms with E-state index >= 15 is 0 Å². The molecule has 3 rings (SSSR count). The number of carbonyl (C=O) groups excluding carboxylic acids is 1. The van der Waals surface area contributed by atoms with Crippen molar-refractivity contribution >= 4 is 38.8 Å². The summed E-state index contributed by atoms with van der Waals surface area (Å²) >= 11 is 3.48. The van der Waals surface area contributed by atoms with Crippen LogP contribution in [0.2, 0.25) is 0 Å². The molecule has 0 saturated carbocycles. The molecule has 3 aromatic rings. The zero-order valence-electron chi connectivity index (χ0n) is 17.2. The molecule has 0 fully saturated rings. The molecule has 0 aromatic heterocycles. The summed E-state index contributed by atoms with van der Waals surface area (Å²) in [7, 11) is 0. The van der Waals surface area contributed by atoms with E-state index in [1.807, 2.05) is 60.7 Å². The Kier molecular flexibility index (Phi) is 8.45. The number of ether oxygens (including phenoxy) is 1. The monoisotopic (exact) mass is 466 g/mol. The maximum absolute atomic E-state index is 12.4. The third-order valence-electron chi connectivity index (χ3n) is 4.85. The van der Waals surface area contributed by atoms with Crippen LogP contribution in [0.15, 0.2) is 70.2 Å². The van der Waals surface area contributed by atoms with Crippen LogP contribution in [-0.2, 0) is 11.2 Å². The van der Waals surface area contributed by atoms with Gasteiger partial charge in [0.05, 0.1) is 19.2 Å². The molecule has 5 heteroatoms. The van der Waals surface area contributed by atoms with Gasteiger partial charge in [0, 0.05) is 10.0 Å². The minimum atomic E-state index is -0.153. The van der Waals surface area contributed by atoms with Crippen molar-refractivity contribution in [2.45, 2.75) is 39.0 Å². The molecule has 0 heterocycles. The van der Waals surface area contributed by atoms with Crippen LogP contribution in [0.5, 0.6) is 5.75 Å². The third-order valence-corrected chi connectivity index (χ3v) is 5.34. The Morgan fingerprint density at radius 1 is 1.07 bits per heavy atom. The lowest BCUT2D eigenvalue weighted by Gasteiger charge is -2.09. The molecule has 4 nitrogen and oxygen atoms in total. The number of nitrogens with zero attached hydrogens (tertiary/aromatic N) is 1. The van der Waals surface area contributed by atoms with Gasteiger partial charge in [-0.1, -0.05) is 84.6 Å². The summed E-state index contributed by atoms with van der Waals surface area (Å²) in [4.78, 5) is 12.4. The zero-order chi connectivity index (χ0) is 21.2. The van der Waals surface area contributed by atoms with Crippen LogP contribution in [0, 0.1) is 0 Å². The smallest absolute Gasteiger partial charge is 0.244 e. The predicted octanol–water partition coefficient (Wildman–Crippen LogP) is 6.25. The highest BCUT2D eigenvalue weighted by Crippen LogP contribution is 2.22. The molecular formula is C25H27BrN2O2. The Hall–Kier alpha value is -2.66. The summed E-state index contributed by atoms with van der Waals surface area (Å²) in [5.74, 6) is 0.612. The van der Waals surface area contributed by atoms with E-state index in [4.69, 9.17) is 4.74 Å². The van der Waals surface area contributed by atoms with E-state index in [0.717, 1.165) is 38.5 Å². The molecule has 3 aromatic carbocycles. The predicted molar refractivity (Wildman–Crippen MR) is 127 cm³/mol. The van der Waals surface area contributed by atoms with E-state index in [1.54, 1.807) is 6.21 Å². The largest absolute Gasteiger partial charge is 0.493 e. The first kappa shape index (κ1) is 22.0. The van der Waals surface area contributed by atoms with Gasteiger partial charge in [-0.05, 0) is 41.0 Å². The number of unbranched alkanes of at least 4 members (excludes halogenated alkanes) is 3. The van der Waals surface area contributed by atoms with Crippen LogP contribution in [0.4, 0.5) is 0 Å². The molecule has 0 aliphatic carbocycles. The van der Waals surface area contributed by atoms with Gasteiger partial charge in [-0.25, -0.2) is 5.43 Å². The molecular weight excluding hydrogens is 440 g/mol. The molecule has 0 aliphatic heterocycles. The number of halogens is 1. The van der Waals surface area contributed by atoms with Crippen molar-refractivity contribution < 1.29 is 9.53 Å². The van der Waals surface area contributed by atoms with Crippen molar-refractivity contribution in [2.75, 3.05) is 6.61 Å². The number of hydrogen-bond acceptors (Lipinski definition) is 3. The highest BCUT2D eigenvalue weighted by atomic mass is 79.9. The van der Waals surface area contributed by atoms with Crippen LogP contribution in [0.25, 0.3) is 10.8 Å². The van der Waals surface area contributed by atoms with Gasteiger partial charge in [0.25, 0.3) is 0 Å². The normalized spacial score (nSPS) is 11.1. The highest BCUT2D eigenvalue weighted by Gasteiger charge is 2.07. The molecule has 1 N–H and O–H groups in total. The van der Waals surface area contributed by atoms with Gasteiger partial charge in [-0.2, -0.15) is 5.10 Å². The van der Waals surface area contributed by atoms with Gasteiger partial charge >= 0.3 is 0 Å². The van der Waals surface area contributed by atoms with Crippen molar-refractivity contribution in [1.29, 1.82) is 0 Å². The molecule has 0 saturated heterocycles. The van der Waals surface area contributed by atoms with E-state index in [-0.39, 0.29) is 12.3 Å². The molecule has 0 atom stereocenters. The lowest BCUT2D eigenvalue weighted by Crippen LogP contribution is -2.20. The first-order valence-corrected chi connectivity index (χ1v) is 11.2. The van der Waals surface area contributed by atoms with Crippen molar-refractivity contribution in [1.82, 2.24) is 5.43 Å². The van der Waals surface area contributed by atoms with Crippen molar-refractivity contribution in [3.63, 3.8) is 0 Å². The number of benzene rings is 3. The fourth-order valence-electron chi connectivity index (χ4n) is 3.30. The number of hydrazone groups is 1. The van der Waals surface area contributed by atoms with Gasteiger partial charge < -0.3 is 4.74 Å². The number of carbonyl (C=O) groups is 1. The Balaban J connectivity index is 1.60. The van der Waals surface area contributed by atoms with Gasteiger partial charge in [0.2, 0.25) is 5.91 Å². The topological polar surface area (TPSA) is 50.7 Å². The molecule has 0 unspecified atom stereocenters. The van der Waals surface area contributed by atoms with Gasteiger partial charge in [-0.3, -0.25) is 4.79 Å². The minimum absolute atomic E-state index is 0.153. The SMILES string of the molecule is CCCCCCOc1ccc(Br)cc1C=NNC(=O)Cc1cccc2ccccc12. The van der Waals surface area contributed by atoms with E-state index < -0.39 is 0 Å². The quantitative estimate of drug-likeness (QED) is 0.218. The van der Waals surface area contributed by atoms with E-state index in [2.05, 4.69) is 33.4 Å². The summed E-state index contributed by atoms with van der Waals surface area (Å²) in [5, 5.41) is 6.37. The second-order valence-electron chi connectivity index (χ2n) is 7.20. The van der Waals surface area contributed by atoms with Crippen molar-refractivity contribution in [3.05, 3.63) is 76.3 Å². The second-order valence-corrected chi connectivity index (χ2v) is 8.12. The van der Waals surface area contributed by atoms with E-state index in [0.29, 0.717) is 6.61 Å². The maximum atomic E-state index is 12.4. The lowest BCUT2D eigenvalue weighted by molar-refractivity contribution is -0.120. The molecule has 0 radical (unpaired) electrons. The fourth-order valence-corrected chi connectivity index (χ4v) is 3.67. The van der Waals surface area contributed by atoms with Crippen LogP contribution in [0.1, 0.15) is 43.7 Å². The molecule has 0 aliphatic rings. The van der Waals surface area contributed by atoms with Gasteiger partial charge in [0.1, 0.15) is 5.75 Å². The van der Waals surface area contributed by atoms with Crippen LogP contribution < -0.4 is 10.2 Å². The molecule has 156 valence electrons. The van der Waals surface area contributed by atoms with Gasteiger partial charge in [0.15, 0.2) is 0 Å². The Bertz CT molecular complexity index is 1010. The maximum Gasteiger partial charge on any atom is 0.244 e. The first-order valence-electron chi connectivity index (χ1n) is 10.4. The highest BCUT2D eigenvalue weighted by molar-refractivity contribution is 9.10. The van der Waals surface area contributed by atoms with Crippen LogP contribution >= 0.6 is 15.9 Å². The number of nitrogens with one attached hydrogen (secondary N) is 1. The summed E-state index contributed by atoms with van der Waals surface area (Å²) in [6.07, 6.45) is 6.53. The van der Waals surface area contributed by atoms with Crippen molar-refractivity contribution in [2.24, 2.45) is 5.10 Å². The van der Waals surface area contributed by atoms with Crippen LogP contribution in [0.3, 0.4) is 0 Å². The fraction of sp³-hybridized carbons (Fsp3) is 0.280. The van der Waals surface area contributed by atoms with Crippen LogP contribution in [-0.4, -0.2) is 18.7 Å². The standard InChI is InChI=1S/C25H27BrN2O2/c1-2-3-4-7-15-30-24-14-13-22(26)16-21(24)18-27-28-25(29)17-20-11-8-10-19-9-5-6-12-23(19)20/h5-6,8-14,16,18H,2-4,7,15,17H2,1H3,(H,28,29). The molecule has 1 amide bonds. The third kappa shape index (κ3) is 6.42. The Morgan fingerprint density at radius 3 is 2.77 bits per heavy atom. The zero-order valence-corrected chi connectivity index (χ0v) is 18.8. The average molecular weight is 467 g/mol.